The van der Waals surface area contributed by atoms with Crippen molar-refractivity contribution in [2.75, 3.05) is 47.5 Å². The van der Waals surface area contributed by atoms with Gasteiger partial charge in [0.05, 0.1) is 27.7 Å². The lowest BCUT2D eigenvalue weighted by atomic mass is 10.1. The largest absolute Gasteiger partial charge is 0.756 e. The van der Waals surface area contributed by atoms with Crippen molar-refractivity contribution in [3.63, 3.8) is 0 Å². The van der Waals surface area contributed by atoms with Crippen LogP contribution >= 0.6 is 7.82 Å². The molecule has 296 valence electrons. The Morgan fingerprint density at radius 1 is 0.600 bits per heavy atom. The second-order valence-electron chi connectivity index (χ2n) is 15.0. The zero-order valence-electron chi connectivity index (χ0n) is 33.1. The first-order valence-corrected chi connectivity index (χ1v) is 21.9. The molecule has 0 heterocycles. The molecular weight excluding hydrogens is 653 g/mol. The Bertz CT molecular complexity index is 876. The highest BCUT2D eigenvalue weighted by molar-refractivity contribution is 7.45. The van der Waals surface area contributed by atoms with Gasteiger partial charge in [-0.25, -0.2) is 0 Å². The summed E-state index contributed by atoms with van der Waals surface area (Å²) in [6.45, 7) is 4.13. The molecule has 0 bridgehead atoms. The molecule has 0 amide bonds. The zero-order valence-corrected chi connectivity index (χ0v) is 34.0. The molecule has 0 aromatic rings. The molecule has 0 radical (unpaired) electrons. The van der Waals surface area contributed by atoms with Gasteiger partial charge in [0.25, 0.3) is 7.82 Å². The van der Waals surface area contributed by atoms with Crippen LogP contribution in [0, 0.1) is 0 Å². The maximum absolute atomic E-state index is 12.6. The second kappa shape index (κ2) is 33.6. The highest BCUT2D eigenvalue weighted by atomic mass is 31.2. The van der Waals surface area contributed by atoms with Crippen molar-refractivity contribution in [1.82, 2.24) is 0 Å². The molecule has 0 aliphatic carbocycles. The standard InChI is InChI=1S/C40H78NO8P/c1-6-8-10-12-13-14-15-16-17-18-19-20-21-22-23-24-25-26-27-29-31-33-40(43)49-38(36-46-39(42)32-30-28-11-9-7-2)37-48-50(44,45)47-35-34-41(3,4)5/h18-19,38H,6-17,20-37H2,1-5H3/b19-18-. The number of unbranched alkanes of at least 4 members (excludes halogenated alkanes) is 21. The van der Waals surface area contributed by atoms with Gasteiger partial charge in [-0.3, -0.25) is 14.2 Å². The van der Waals surface area contributed by atoms with Gasteiger partial charge in [0, 0.05) is 12.8 Å². The summed E-state index contributed by atoms with van der Waals surface area (Å²) in [7, 11) is 1.17. The molecule has 0 aromatic carbocycles. The minimum absolute atomic E-state index is 0.0289. The van der Waals surface area contributed by atoms with Gasteiger partial charge in [-0.05, 0) is 38.5 Å². The van der Waals surface area contributed by atoms with Gasteiger partial charge >= 0.3 is 11.9 Å². The molecule has 0 N–H and O–H groups in total. The quantitative estimate of drug-likeness (QED) is 0.0204. The van der Waals surface area contributed by atoms with Crippen molar-refractivity contribution in [3.05, 3.63) is 12.2 Å². The second-order valence-corrected chi connectivity index (χ2v) is 16.4. The average molecular weight is 732 g/mol. The minimum atomic E-state index is -4.61. The fraction of sp³-hybridized carbons (Fsp3) is 0.900. The van der Waals surface area contributed by atoms with Gasteiger partial charge in [-0.15, -0.1) is 0 Å². The lowest BCUT2D eigenvalue weighted by Gasteiger charge is -2.28. The Balaban J connectivity index is 4.15. The number of carbonyl (C=O) groups excluding carboxylic acids is 2. The molecule has 0 saturated carbocycles. The number of hydrogen-bond acceptors (Lipinski definition) is 8. The molecule has 0 rings (SSSR count). The highest BCUT2D eigenvalue weighted by Crippen LogP contribution is 2.38. The molecule has 0 aliphatic heterocycles. The first-order chi connectivity index (χ1) is 24.0. The van der Waals surface area contributed by atoms with Gasteiger partial charge in [-0.1, -0.05) is 142 Å². The van der Waals surface area contributed by atoms with E-state index in [1.165, 1.54) is 96.3 Å². The van der Waals surface area contributed by atoms with Crippen LogP contribution in [0.25, 0.3) is 0 Å². The predicted molar refractivity (Wildman–Crippen MR) is 204 cm³/mol. The number of rotatable bonds is 37. The number of nitrogens with zero attached hydrogens (tertiary/aromatic N) is 1. The molecule has 0 saturated heterocycles. The monoisotopic (exact) mass is 732 g/mol. The first-order valence-electron chi connectivity index (χ1n) is 20.4. The molecule has 50 heavy (non-hydrogen) atoms. The van der Waals surface area contributed by atoms with E-state index in [2.05, 4.69) is 26.0 Å². The van der Waals surface area contributed by atoms with E-state index in [9.17, 15) is 19.0 Å². The van der Waals surface area contributed by atoms with Crippen LogP contribution in [-0.2, 0) is 32.7 Å². The lowest BCUT2D eigenvalue weighted by molar-refractivity contribution is -0.870. The SMILES string of the molecule is CCCCCCCCCC/C=C\CCCCCCCCCCCC(=O)OC(COC(=O)CCCCCCC)COP(=O)([O-])OCC[N+](C)(C)C. The van der Waals surface area contributed by atoms with E-state index in [-0.39, 0.29) is 26.1 Å². The van der Waals surface area contributed by atoms with E-state index in [0.717, 1.165) is 51.4 Å². The van der Waals surface area contributed by atoms with Crippen molar-refractivity contribution in [1.29, 1.82) is 0 Å². The zero-order chi connectivity index (χ0) is 37.2. The number of phosphoric ester groups is 1. The Kier molecular flexibility index (Phi) is 32.7. The van der Waals surface area contributed by atoms with Crippen LogP contribution in [0.5, 0.6) is 0 Å². The van der Waals surface area contributed by atoms with Crippen LogP contribution in [0.3, 0.4) is 0 Å². The van der Waals surface area contributed by atoms with Crippen molar-refractivity contribution < 1.29 is 42.1 Å². The van der Waals surface area contributed by atoms with Crippen LogP contribution < -0.4 is 4.89 Å². The summed E-state index contributed by atoms with van der Waals surface area (Å²) in [6, 6.07) is 0. The number of esters is 2. The topological polar surface area (TPSA) is 111 Å². The summed E-state index contributed by atoms with van der Waals surface area (Å²) in [5, 5.41) is 0. The van der Waals surface area contributed by atoms with Crippen molar-refractivity contribution in [3.8, 4) is 0 Å². The third-order valence-corrected chi connectivity index (χ3v) is 9.75. The molecule has 0 aliphatic rings. The normalized spacial score (nSPS) is 13.8. The van der Waals surface area contributed by atoms with Crippen LogP contribution in [-0.4, -0.2) is 70.0 Å². The summed E-state index contributed by atoms with van der Waals surface area (Å²) in [6.07, 6.45) is 32.9. The Labute approximate surface area is 307 Å². The molecule has 0 fully saturated rings. The summed E-state index contributed by atoms with van der Waals surface area (Å²) in [5.74, 6) is -0.846. The van der Waals surface area contributed by atoms with E-state index in [0.29, 0.717) is 17.4 Å². The number of quaternary nitrogens is 1. The molecule has 0 aromatic heterocycles. The summed E-state index contributed by atoms with van der Waals surface area (Å²) in [5.41, 5.74) is 0. The van der Waals surface area contributed by atoms with Crippen molar-refractivity contribution >= 4 is 19.8 Å². The van der Waals surface area contributed by atoms with Gasteiger partial charge in [0.1, 0.15) is 19.8 Å². The number of hydrogen-bond donors (Lipinski definition) is 0. The third kappa shape index (κ3) is 36.5. The van der Waals surface area contributed by atoms with Crippen molar-refractivity contribution in [2.24, 2.45) is 0 Å². The molecule has 9 nitrogen and oxygen atoms in total. The average Bonchev–Trinajstić information content (AvgIpc) is 3.06. The minimum Gasteiger partial charge on any atom is -0.756 e. The summed E-state index contributed by atoms with van der Waals surface area (Å²) < 4.78 is 33.6. The highest BCUT2D eigenvalue weighted by Gasteiger charge is 2.21. The molecule has 0 spiro atoms. The molecule has 2 unspecified atom stereocenters. The van der Waals surface area contributed by atoms with Crippen LogP contribution in [0.1, 0.15) is 181 Å². The van der Waals surface area contributed by atoms with Gasteiger partial charge in [-0.2, -0.15) is 0 Å². The number of phosphoric acid groups is 1. The van der Waals surface area contributed by atoms with E-state index >= 15 is 0 Å². The number of ether oxygens (including phenoxy) is 2. The molecular formula is C40H78NO8P. The van der Waals surface area contributed by atoms with Gasteiger partial charge in [0.2, 0.25) is 0 Å². The number of carbonyl (C=O) groups is 2. The van der Waals surface area contributed by atoms with Crippen molar-refractivity contribution in [2.45, 2.75) is 187 Å². The Hall–Kier alpha value is -1.25. The molecule has 10 heteroatoms. The number of likely N-dealkylation sites (N-methyl/N-ethyl adjacent to an activating group) is 1. The van der Waals surface area contributed by atoms with E-state index in [4.69, 9.17) is 18.5 Å². The number of allylic oxidation sites excluding steroid dienone is 2. The van der Waals surface area contributed by atoms with Crippen LogP contribution in [0.4, 0.5) is 0 Å². The maximum Gasteiger partial charge on any atom is 0.306 e. The smallest absolute Gasteiger partial charge is 0.306 e. The fourth-order valence-corrected chi connectivity index (χ4v) is 6.26. The Morgan fingerprint density at radius 2 is 1.02 bits per heavy atom. The van der Waals surface area contributed by atoms with Crippen LogP contribution in [0.2, 0.25) is 0 Å². The fourth-order valence-electron chi connectivity index (χ4n) is 5.53. The van der Waals surface area contributed by atoms with E-state index in [1.54, 1.807) is 0 Å². The van der Waals surface area contributed by atoms with E-state index in [1.807, 2.05) is 21.1 Å². The van der Waals surface area contributed by atoms with Gasteiger partial charge in [0.15, 0.2) is 6.10 Å². The molecule has 2 atom stereocenters. The van der Waals surface area contributed by atoms with E-state index < -0.39 is 32.5 Å². The predicted octanol–water partition coefficient (Wildman–Crippen LogP) is 10.4. The third-order valence-electron chi connectivity index (χ3n) is 8.79. The van der Waals surface area contributed by atoms with Crippen LogP contribution in [0.15, 0.2) is 12.2 Å². The van der Waals surface area contributed by atoms with Gasteiger partial charge < -0.3 is 27.9 Å². The summed E-state index contributed by atoms with van der Waals surface area (Å²) >= 11 is 0. The maximum atomic E-state index is 12.6. The first kappa shape index (κ1) is 48.8. The lowest BCUT2D eigenvalue weighted by Crippen LogP contribution is -2.37. The Morgan fingerprint density at radius 3 is 1.48 bits per heavy atom. The summed E-state index contributed by atoms with van der Waals surface area (Å²) in [4.78, 5) is 37.1.